The van der Waals surface area contributed by atoms with Crippen molar-refractivity contribution in [2.45, 2.75) is 65.2 Å². The number of nitro groups is 1. The molecule has 0 saturated heterocycles. The first kappa shape index (κ1) is 24.7. The van der Waals surface area contributed by atoms with Crippen LogP contribution in [0.3, 0.4) is 0 Å². The van der Waals surface area contributed by atoms with Crippen LogP contribution < -0.4 is 4.74 Å². The quantitative estimate of drug-likeness (QED) is 0.219. The molecular formula is C28H33NO7. The van der Waals surface area contributed by atoms with E-state index in [0.717, 1.165) is 44.9 Å². The molecule has 5 rings (SSSR count). The minimum Gasteiger partial charge on any atom is -0.426 e. The van der Waals surface area contributed by atoms with E-state index in [1.54, 1.807) is 0 Å². The van der Waals surface area contributed by atoms with E-state index in [0.29, 0.717) is 24.2 Å². The summed E-state index contributed by atoms with van der Waals surface area (Å²) in [6.45, 7) is 4.27. The molecule has 4 aliphatic carbocycles. The molecule has 0 heterocycles. The fraction of sp³-hybridized carbons (Fsp3) is 0.607. The normalized spacial score (nSPS) is 35.1. The third kappa shape index (κ3) is 4.14. The van der Waals surface area contributed by atoms with Crippen molar-refractivity contribution in [2.75, 3.05) is 6.61 Å². The Hall–Kier alpha value is -3.03. The minimum absolute atomic E-state index is 0.0648. The summed E-state index contributed by atoms with van der Waals surface area (Å²) >= 11 is 0. The van der Waals surface area contributed by atoms with Gasteiger partial charge in [0.2, 0.25) is 0 Å². The zero-order chi connectivity index (χ0) is 25.7. The van der Waals surface area contributed by atoms with Gasteiger partial charge < -0.3 is 9.47 Å². The summed E-state index contributed by atoms with van der Waals surface area (Å²) in [6.07, 6.45) is 8.41. The van der Waals surface area contributed by atoms with Crippen LogP contribution in [0.2, 0.25) is 0 Å². The molecule has 0 spiro atoms. The van der Waals surface area contributed by atoms with E-state index < -0.39 is 11.1 Å². The van der Waals surface area contributed by atoms with Gasteiger partial charge in [-0.15, -0.1) is 0 Å². The Morgan fingerprint density at radius 3 is 2.50 bits per heavy atom. The van der Waals surface area contributed by atoms with Gasteiger partial charge in [-0.05, 0) is 91.7 Å². The highest BCUT2D eigenvalue weighted by molar-refractivity contribution is 5.91. The van der Waals surface area contributed by atoms with Crippen molar-refractivity contribution in [3.8, 4) is 5.75 Å². The number of Topliss-reactive ketones (excluding diaryl/α,β-unsaturated/α-hetero) is 1. The summed E-state index contributed by atoms with van der Waals surface area (Å²) in [7, 11) is 0. The summed E-state index contributed by atoms with van der Waals surface area (Å²) in [5.74, 6) is 1.76. The first-order valence-electron chi connectivity index (χ1n) is 13.0. The number of hydrogen-bond donors (Lipinski definition) is 0. The fourth-order valence-electron chi connectivity index (χ4n) is 8.08. The van der Waals surface area contributed by atoms with Crippen LogP contribution in [0.1, 0.15) is 65.2 Å². The number of nitrogens with zero attached hydrogens (tertiary/aromatic N) is 1. The Labute approximate surface area is 210 Å². The molecule has 0 amide bonds. The van der Waals surface area contributed by atoms with Crippen LogP contribution in [0.15, 0.2) is 35.9 Å². The Bertz CT molecular complexity index is 1130. The number of benzene rings is 1. The molecule has 36 heavy (non-hydrogen) atoms. The molecule has 0 radical (unpaired) electrons. The molecule has 0 unspecified atom stereocenters. The van der Waals surface area contributed by atoms with E-state index in [1.807, 2.05) is 6.08 Å². The highest BCUT2D eigenvalue weighted by atomic mass is 16.7. The molecule has 4 aliphatic rings. The molecule has 8 heteroatoms. The zero-order valence-corrected chi connectivity index (χ0v) is 20.9. The van der Waals surface area contributed by atoms with Crippen LogP contribution in [0.4, 0.5) is 10.5 Å². The van der Waals surface area contributed by atoms with Gasteiger partial charge in [-0.2, -0.15) is 0 Å². The maximum absolute atomic E-state index is 13.2. The number of ketones is 2. The van der Waals surface area contributed by atoms with Crippen LogP contribution in [0.25, 0.3) is 0 Å². The molecule has 3 saturated carbocycles. The van der Waals surface area contributed by atoms with E-state index in [-0.39, 0.29) is 46.4 Å². The summed E-state index contributed by atoms with van der Waals surface area (Å²) in [5, 5.41) is 10.8. The average Bonchev–Trinajstić information content (AvgIpc) is 3.20. The van der Waals surface area contributed by atoms with Gasteiger partial charge in [-0.1, -0.05) is 19.4 Å². The first-order valence-corrected chi connectivity index (χ1v) is 13.0. The second-order valence-electron chi connectivity index (χ2n) is 11.5. The number of carbonyl (C=O) groups is 3. The van der Waals surface area contributed by atoms with E-state index in [2.05, 4.69) is 13.8 Å². The SMILES string of the molecule is C[C@]12CC[C@H]3[C@@H](CCC4=CC(=O)CC[C@@]43C)[C@@H]1CC[C@@H]2C(=O)COC(=O)Oc1ccc([N+](=O)[O-])cc1. The molecule has 8 nitrogen and oxygen atoms in total. The highest BCUT2D eigenvalue weighted by Gasteiger charge is 2.60. The van der Waals surface area contributed by atoms with Gasteiger partial charge in [0.25, 0.3) is 5.69 Å². The lowest BCUT2D eigenvalue weighted by molar-refractivity contribution is -0.384. The number of carbonyl (C=O) groups excluding carboxylic acids is 3. The van der Waals surface area contributed by atoms with E-state index >= 15 is 0 Å². The van der Waals surface area contributed by atoms with Crippen LogP contribution in [0.5, 0.6) is 5.75 Å². The lowest BCUT2D eigenvalue weighted by Crippen LogP contribution is -2.51. The Morgan fingerprint density at radius 1 is 1.03 bits per heavy atom. The molecular weight excluding hydrogens is 462 g/mol. The molecule has 0 N–H and O–H groups in total. The van der Waals surface area contributed by atoms with Crippen LogP contribution in [-0.2, 0) is 14.3 Å². The van der Waals surface area contributed by atoms with Gasteiger partial charge >= 0.3 is 6.16 Å². The number of allylic oxidation sites excluding steroid dienone is 1. The molecule has 3 fully saturated rings. The number of non-ortho nitro benzene ring substituents is 1. The molecule has 6 atom stereocenters. The van der Waals surface area contributed by atoms with Gasteiger partial charge in [0.1, 0.15) is 5.75 Å². The molecule has 1 aromatic rings. The maximum atomic E-state index is 13.2. The summed E-state index contributed by atoms with van der Waals surface area (Å²) in [6, 6.07) is 5.10. The number of nitro benzene ring substituents is 1. The van der Waals surface area contributed by atoms with Gasteiger partial charge in [0, 0.05) is 24.5 Å². The van der Waals surface area contributed by atoms with Gasteiger partial charge in [-0.25, -0.2) is 4.79 Å². The number of fused-ring (bicyclic) bond motifs is 5. The van der Waals surface area contributed by atoms with Crippen molar-refractivity contribution in [3.05, 3.63) is 46.0 Å². The lowest BCUT2D eigenvalue weighted by atomic mass is 9.46. The number of rotatable bonds is 5. The lowest BCUT2D eigenvalue weighted by Gasteiger charge is -2.58. The highest BCUT2D eigenvalue weighted by Crippen LogP contribution is 2.66. The third-order valence-corrected chi connectivity index (χ3v) is 9.93. The van der Waals surface area contributed by atoms with Crippen molar-refractivity contribution in [1.29, 1.82) is 0 Å². The second kappa shape index (κ2) is 9.12. The fourth-order valence-corrected chi connectivity index (χ4v) is 8.08. The monoisotopic (exact) mass is 495 g/mol. The van der Waals surface area contributed by atoms with E-state index in [4.69, 9.17) is 9.47 Å². The molecule has 1 aromatic carbocycles. The van der Waals surface area contributed by atoms with Gasteiger partial charge in [0.15, 0.2) is 18.2 Å². The minimum atomic E-state index is -0.994. The predicted octanol–water partition coefficient (Wildman–Crippen LogP) is 5.83. The Balaban J connectivity index is 1.21. The van der Waals surface area contributed by atoms with Crippen LogP contribution in [-0.4, -0.2) is 29.3 Å². The van der Waals surface area contributed by atoms with Crippen molar-refractivity contribution < 1.29 is 28.8 Å². The molecule has 0 bridgehead atoms. The largest absolute Gasteiger partial charge is 0.514 e. The van der Waals surface area contributed by atoms with Crippen molar-refractivity contribution in [1.82, 2.24) is 0 Å². The summed E-state index contributed by atoms with van der Waals surface area (Å²) in [5.41, 5.74) is 1.23. The number of ether oxygens (including phenoxy) is 2. The van der Waals surface area contributed by atoms with E-state index in [9.17, 15) is 24.5 Å². The Kier molecular flexibility index (Phi) is 6.25. The second-order valence-corrected chi connectivity index (χ2v) is 11.5. The average molecular weight is 496 g/mol. The maximum Gasteiger partial charge on any atom is 0.514 e. The topological polar surface area (TPSA) is 113 Å². The van der Waals surface area contributed by atoms with Gasteiger partial charge in [0.05, 0.1) is 4.92 Å². The standard InChI is InChI=1S/C28H33NO7/c1-27-13-11-19(30)15-17(27)3-8-21-22-9-10-24(28(22,2)14-12-23(21)27)25(31)16-35-26(32)36-20-6-4-18(5-7-20)29(33)34/h4-7,15,21-24H,3,8-14,16H2,1-2H3/t21-,22-,23-,24+,27-,28-/m0/s1. The van der Waals surface area contributed by atoms with E-state index in [1.165, 1.54) is 29.8 Å². The van der Waals surface area contributed by atoms with Crippen LogP contribution >= 0.6 is 0 Å². The van der Waals surface area contributed by atoms with Crippen molar-refractivity contribution >= 4 is 23.4 Å². The zero-order valence-electron chi connectivity index (χ0n) is 20.9. The molecule has 0 aliphatic heterocycles. The van der Waals surface area contributed by atoms with Crippen LogP contribution in [0, 0.1) is 44.6 Å². The predicted molar refractivity (Wildman–Crippen MR) is 130 cm³/mol. The molecule has 192 valence electrons. The molecule has 0 aromatic heterocycles. The van der Waals surface area contributed by atoms with Gasteiger partial charge in [-0.3, -0.25) is 19.7 Å². The first-order chi connectivity index (χ1) is 17.1. The van der Waals surface area contributed by atoms with Crippen molar-refractivity contribution in [2.24, 2.45) is 34.5 Å². The Morgan fingerprint density at radius 2 is 1.78 bits per heavy atom. The van der Waals surface area contributed by atoms with Crippen molar-refractivity contribution in [3.63, 3.8) is 0 Å². The smallest absolute Gasteiger partial charge is 0.426 e. The third-order valence-electron chi connectivity index (χ3n) is 9.93. The number of hydrogen-bond acceptors (Lipinski definition) is 7. The summed E-state index contributed by atoms with van der Waals surface area (Å²) in [4.78, 5) is 47.6. The summed E-state index contributed by atoms with van der Waals surface area (Å²) < 4.78 is 10.2.